The average molecular weight is 847 g/mol. The Hall–Kier alpha value is -1.44. The van der Waals surface area contributed by atoms with Gasteiger partial charge >= 0.3 is 13.8 Å². The molecule has 1 saturated carbocycles. The molecule has 13 heteroatoms. The summed E-state index contributed by atoms with van der Waals surface area (Å²) in [5, 5.41) is 50.1. The second-order valence-corrected chi connectivity index (χ2v) is 17.3. The number of hydrogen-bond acceptors (Lipinski definition) is 11. The summed E-state index contributed by atoms with van der Waals surface area (Å²) in [6.45, 7) is 4.14. The maximum absolute atomic E-state index is 12.8. The van der Waals surface area contributed by atoms with Crippen LogP contribution in [0.15, 0.2) is 36.5 Å². The van der Waals surface area contributed by atoms with Crippen molar-refractivity contribution in [1.29, 1.82) is 0 Å². The molecule has 1 aliphatic carbocycles. The van der Waals surface area contributed by atoms with E-state index in [9.17, 15) is 39.8 Å². The van der Waals surface area contributed by atoms with Crippen molar-refractivity contribution < 1.29 is 58.3 Å². The molecular weight excluding hydrogens is 763 g/mol. The molecule has 12 nitrogen and oxygen atoms in total. The van der Waals surface area contributed by atoms with E-state index in [0.29, 0.717) is 13.0 Å². The van der Waals surface area contributed by atoms with Crippen molar-refractivity contribution in [2.75, 3.05) is 19.8 Å². The zero-order valence-electron chi connectivity index (χ0n) is 36.1. The fraction of sp³-hybridized carbons (Fsp3) is 0.844. The highest BCUT2D eigenvalue weighted by atomic mass is 31.2. The predicted molar refractivity (Wildman–Crippen MR) is 230 cm³/mol. The van der Waals surface area contributed by atoms with Crippen molar-refractivity contribution in [3.05, 3.63) is 36.5 Å². The van der Waals surface area contributed by atoms with Gasteiger partial charge in [-0.2, -0.15) is 0 Å². The monoisotopic (exact) mass is 847 g/mol. The topological polar surface area (TPSA) is 192 Å². The highest BCUT2D eigenvalue weighted by molar-refractivity contribution is 7.47. The lowest BCUT2D eigenvalue weighted by molar-refractivity contribution is -0.220. The average Bonchev–Trinajstić information content (AvgIpc) is 3.21. The number of phosphoric acid groups is 1. The molecule has 1 rings (SSSR count). The molecule has 0 radical (unpaired) electrons. The van der Waals surface area contributed by atoms with Crippen molar-refractivity contribution in [3.8, 4) is 0 Å². The van der Waals surface area contributed by atoms with Gasteiger partial charge in [-0.15, -0.1) is 0 Å². The zero-order valence-corrected chi connectivity index (χ0v) is 37.0. The van der Waals surface area contributed by atoms with Crippen molar-refractivity contribution in [3.63, 3.8) is 0 Å². The number of unbranched alkanes of at least 4 members (excludes halogenated alkanes) is 20. The van der Waals surface area contributed by atoms with Crippen LogP contribution >= 0.6 is 7.82 Å². The summed E-state index contributed by atoms with van der Waals surface area (Å²) < 4.78 is 34.2. The Morgan fingerprint density at radius 1 is 0.569 bits per heavy atom. The minimum atomic E-state index is -5.02. The van der Waals surface area contributed by atoms with Crippen molar-refractivity contribution in [1.82, 2.24) is 0 Å². The standard InChI is InChI=1S/C45H83O12P/c1-3-5-7-9-11-13-15-17-19-21-23-25-27-29-31-33-35-54-36-38(37-55-58(52,53)57-45-43(50)41(48)40(47)42(49)44(45)51)56-39(46)34-32-30-28-26-24-22-20-18-16-14-12-10-8-6-4-2/h6,8,12,14,18,20,38,40-45,47-51H,3-5,7,9-11,13,15-17,19,21-37H2,1-2H3,(H,52,53)/b8-6-,14-12-,20-18-. The van der Waals surface area contributed by atoms with Crippen LogP contribution in [0.5, 0.6) is 0 Å². The van der Waals surface area contributed by atoms with E-state index in [1.54, 1.807) is 0 Å². The molecule has 0 aromatic rings. The fourth-order valence-corrected chi connectivity index (χ4v) is 7.87. The third kappa shape index (κ3) is 28.2. The Morgan fingerprint density at radius 2 is 1.02 bits per heavy atom. The van der Waals surface area contributed by atoms with Crippen molar-refractivity contribution in [2.24, 2.45) is 0 Å². The summed E-state index contributed by atoms with van der Waals surface area (Å²) in [6, 6.07) is 0. The molecule has 0 amide bonds. The Labute approximate surface area is 351 Å². The zero-order chi connectivity index (χ0) is 42.7. The van der Waals surface area contributed by atoms with E-state index in [4.69, 9.17) is 18.5 Å². The molecule has 0 aromatic heterocycles. The summed E-state index contributed by atoms with van der Waals surface area (Å²) in [7, 11) is -5.02. The van der Waals surface area contributed by atoms with E-state index >= 15 is 0 Å². The molecule has 6 N–H and O–H groups in total. The second kappa shape index (κ2) is 36.2. The van der Waals surface area contributed by atoms with Crippen LogP contribution in [0.4, 0.5) is 0 Å². The highest BCUT2D eigenvalue weighted by Gasteiger charge is 2.51. The van der Waals surface area contributed by atoms with Crippen LogP contribution in [0, 0.1) is 0 Å². The normalized spacial score (nSPS) is 23.0. The first-order valence-corrected chi connectivity index (χ1v) is 24.3. The second-order valence-electron chi connectivity index (χ2n) is 15.9. The van der Waals surface area contributed by atoms with E-state index in [2.05, 4.69) is 50.3 Å². The number of aliphatic hydroxyl groups excluding tert-OH is 5. The Bertz CT molecular complexity index is 1100. The molecule has 1 aliphatic rings. The SMILES string of the molecule is CC/C=C\C/C=C\C/C=C\CCCCCCCC(=O)OC(COCCCCCCCCCCCCCCCCCC)COP(=O)(O)OC1C(O)C(O)C(O)C(O)C1O. The van der Waals surface area contributed by atoms with Gasteiger partial charge in [-0.3, -0.25) is 13.8 Å². The van der Waals surface area contributed by atoms with Gasteiger partial charge in [-0.05, 0) is 44.9 Å². The minimum absolute atomic E-state index is 0.0814. The third-order valence-corrected chi connectivity index (χ3v) is 11.5. The third-order valence-electron chi connectivity index (χ3n) is 10.5. The number of carbonyl (C=O) groups excluding carboxylic acids is 1. The fourth-order valence-electron chi connectivity index (χ4n) is 6.90. The molecule has 1 fully saturated rings. The van der Waals surface area contributed by atoms with Gasteiger partial charge in [-0.25, -0.2) is 4.57 Å². The quantitative estimate of drug-likeness (QED) is 0.0150. The lowest BCUT2D eigenvalue weighted by atomic mass is 9.85. The number of aliphatic hydroxyl groups is 5. The van der Waals surface area contributed by atoms with Crippen molar-refractivity contribution >= 4 is 13.8 Å². The number of rotatable bonds is 38. The Kier molecular flexibility index (Phi) is 34.1. The molecule has 0 aliphatic heterocycles. The van der Waals surface area contributed by atoms with Crippen LogP contribution in [-0.2, 0) is 27.9 Å². The number of allylic oxidation sites excluding steroid dienone is 6. The van der Waals surface area contributed by atoms with Gasteiger partial charge in [0.25, 0.3) is 0 Å². The van der Waals surface area contributed by atoms with E-state index < -0.39 is 63.1 Å². The van der Waals surface area contributed by atoms with E-state index in [1.807, 2.05) is 0 Å². The summed E-state index contributed by atoms with van der Waals surface area (Å²) in [6.07, 6.45) is 29.3. The van der Waals surface area contributed by atoms with Gasteiger partial charge in [-0.1, -0.05) is 166 Å². The van der Waals surface area contributed by atoms with Crippen LogP contribution in [0.1, 0.15) is 181 Å². The van der Waals surface area contributed by atoms with E-state index in [-0.39, 0.29) is 13.0 Å². The molecular formula is C45H83O12P. The first kappa shape index (κ1) is 54.6. The summed E-state index contributed by atoms with van der Waals surface area (Å²) in [5.74, 6) is -0.493. The number of phosphoric ester groups is 1. The van der Waals surface area contributed by atoms with Crippen LogP contribution in [0.3, 0.4) is 0 Å². The smallest absolute Gasteiger partial charge is 0.457 e. The van der Waals surface area contributed by atoms with Crippen LogP contribution in [0.2, 0.25) is 0 Å². The maximum Gasteiger partial charge on any atom is 0.472 e. The first-order chi connectivity index (χ1) is 28.0. The van der Waals surface area contributed by atoms with Crippen LogP contribution in [0.25, 0.3) is 0 Å². The minimum Gasteiger partial charge on any atom is -0.457 e. The van der Waals surface area contributed by atoms with E-state index in [0.717, 1.165) is 70.6 Å². The molecule has 58 heavy (non-hydrogen) atoms. The van der Waals surface area contributed by atoms with Gasteiger partial charge in [0.15, 0.2) is 0 Å². The molecule has 6 unspecified atom stereocenters. The largest absolute Gasteiger partial charge is 0.472 e. The summed E-state index contributed by atoms with van der Waals surface area (Å²) >= 11 is 0. The van der Waals surface area contributed by atoms with Crippen LogP contribution in [-0.4, -0.2) is 98.9 Å². The first-order valence-electron chi connectivity index (χ1n) is 22.8. The summed E-state index contributed by atoms with van der Waals surface area (Å²) in [4.78, 5) is 23.1. The van der Waals surface area contributed by atoms with Crippen LogP contribution < -0.4 is 0 Å². The predicted octanol–water partition coefficient (Wildman–Crippen LogP) is 9.09. The summed E-state index contributed by atoms with van der Waals surface area (Å²) in [5.41, 5.74) is 0. The highest BCUT2D eigenvalue weighted by Crippen LogP contribution is 2.47. The molecule has 0 spiro atoms. The van der Waals surface area contributed by atoms with Gasteiger partial charge < -0.3 is 39.9 Å². The molecule has 340 valence electrons. The molecule has 6 atom stereocenters. The van der Waals surface area contributed by atoms with Gasteiger partial charge in [0.05, 0.1) is 13.2 Å². The van der Waals surface area contributed by atoms with Gasteiger partial charge in [0, 0.05) is 13.0 Å². The number of carbonyl (C=O) groups is 1. The lowest BCUT2D eigenvalue weighted by Gasteiger charge is -2.41. The van der Waals surface area contributed by atoms with Gasteiger partial charge in [0.1, 0.15) is 42.7 Å². The van der Waals surface area contributed by atoms with Gasteiger partial charge in [0.2, 0.25) is 0 Å². The number of esters is 1. The lowest BCUT2D eigenvalue weighted by Crippen LogP contribution is -2.64. The molecule has 0 bridgehead atoms. The van der Waals surface area contributed by atoms with Crippen molar-refractivity contribution in [2.45, 2.75) is 224 Å². The number of hydrogen-bond donors (Lipinski definition) is 6. The molecule has 0 aromatic carbocycles. The maximum atomic E-state index is 12.8. The Balaban J connectivity index is 2.41. The molecule has 0 heterocycles. The number of ether oxygens (including phenoxy) is 2. The molecule has 0 saturated heterocycles. The Morgan fingerprint density at radius 3 is 1.55 bits per heavy atom. The van der Waals surface area contributed by atoms with E-state index in [1.165, 1.54) is 83.5 Å².